The Labute approximate surface area is 117 Å². The molecule has 0 aliphatic heterocycles. The molecule has 0 unspecified atom stereocenters. The number of nitrogen functional groups attached to an aromatic ring is 1. The van der Waals surface area contributed by atoms with Crippen molar-refractivity contribution in [1.82, 2.24) is 10.2 Å². The van der Waals surface area contributed by atoms with Gasteiger partial charge in [-0.1, -0.05) is 6.92 Å². The molecule has 19 heavy (non-hydrogen) atoms. The molecule has 0 radical (unpaired) electrons. The number of aromatic amines is 1. The zero-order valence-electron chi connectivity index (χ0n) is 10.1. The van der Waals surface area contributed by atoms with E-state index in [1.165, 1.54) is 6.07 Å². The second-order valence-corrected chi connectivity index (χ2v) is 4.79. The fraction of sp³-hybridized carbons (Fsp3) is 0.167. The third kappa shape index (κ3) is 2.76. The zero-order valence-corrected chi connectivity index (χ0v) is 11.7. The summed E-state index contributed by atoms with van der Waals surface area (Å²) in [7, 11) is 0. The van der Waals surface area contributed by atoms with Crippen LogP contribution in [0.1, 0.15) is 22.8 Å². The molecule has 2 aromatic rings. The predicted octanol–water partition coefficient (Wildman–Crippen LogP) is 2.71. The highest BCUT2D eigenvalue weighted by Crippen LogP contribution is 2.24. The maximum Gasteiger partial charge on any atom is 0.258 e. The monoisotopic (exact) mass is 326 g/mol. The second-order valence-electron chi connectivity index (χ2n) is 3.93. The summed E-state index contributed by atoms with van der Waals surface area (Å²) in [5.74, 6) is -0.431. The van der Waals surface area contributed by atoms with E-state index < -0.39 is 11.7 Å². The summed E-state index contributed by atoms with van der Waals surface area (Å²) in [5, 5.41) is 9.24. The number of nitrogens with zero attached hydrogens (tertiary/aromatic N) is 1. The van der Waals surface area contributed by atoms with E-state index in [1.54, 1.807) is 6.20 Å². The number of benzene rings is 1. The smallest absolute Gasteiger partial charge is 0.258 e. The first-order chi connectivity index (χ1) is 9.02. The van der Waals surface area contributed by atoms with E-state index in [0.29, 0.717) is 10.3 Å². The van der Waals surface area contributed by atoms with E-state index in [0.717, 1.165) is 18.1 Å². The Balaban J connectivity index is 2.28. The van der Waals surface area contributed by atoms with Crippen molar-refractivity contribution < 1.29 is 9.18 Å². The topological polar surface area (TPSA) is 83.8 Å². The molecule has 0 bridgehead atoms. The van der Waals surface area contributed by atoms with E-state index in [2.05, 4.69) is 31.4 Å². The van der Waals surface area contributed by atoms with Crippen LogP contribution in [-0.4, -0.2) is 16.1 Å². The number of carbonyl (C=O) groups excluding carboxylic acids is 1. The van der Waals surface area contributed by atoms with Gasteiger partial charge < -0.3 is 11.1 Å². The number of nitrogens with one attached hydrogen (secondary N) is 2. The van der Waals surface area contributed by atoms with E-state index in [9.17, 15) is 9.18 Å². The molecular weight excluding hydrogens is 315 g/mol. The number of rotatable bonds is 3. The Morgan fingerprint density at radius 2 is 2.32 bits per heavy atom. The highest BCUT2D eigenvalue weighted by Gasteiger charge is 2.15. The van der Waals surface area contributed by atoms with Crippen molar-refractivity contribution in [2.75, 3.05) is 11.1 Å². The van der Waals surface area contributed by atoms with Crippen LogP contribution < -0.4 is 11.1 Å². The molecule has 1 aromatic carbocycles. The van der Waals surface area contributed by atoms with Crippen LogP contribution >= 0.6 is 15.9 Å². The van der Waals surface area contributed by atoms with Crippen molar-refractivity contribution in [1.29, 1.82) is 0 Å². The summed E-state index contributed by atoms with van der Waals surface area (Å²) in [6.07, 6.45) is 2.38. The number of hydrogen-bond donors (Lipinski definition) is 3. The Kier molecular flexibility index (Phi) is 3.84. The fourth-order valence-electron chi connectivity index (χ4n) is 1.61. The zero-order chi connectivity index (χ0) is 14.0. The first-order valence-electron chi connectivity index (χ1n) is 5.61. The average Bonchev–Trinajstić information content (AvgIpc) is 2.80. The van der Waals surface area contributed by atoms with Gasteiger partial charge in [-0.3, -0.25) is 9.89 Å². The van der Waals surface area contributed by atoms with Crippen molar-refractivity contribution >= 4 is 33.3 Å². The van der Waals surface area contributed by atoms with E-state index >= 15 is 0 Å². The third-order valence-electron chi connectivity index (χ3n) is 2.67. The summed E-state index contributed by atoms with van der Waals surface area (Å²) in [4.78, 5) is 12.1. The van der Waals surface area contributed by atoms with Gasteiger partial charge in [0.25, 0.3) is 5.91 Å². The lowest BCUT2D eigenvalue weighted by atomic mass is 10.1. The van der Waals surface area contributed by atoms with E-state index in [1.807, 2.05) is 6.92 Å². The molecule has 7 heteroatoms. The standard InChI is InChI=1S/C12H12BrFN4O/c1-2-6-5-16-18-11(6)17-12(19)7-3-10(15)9(14)4-8(7)13/h3-5H,2,15H2,1H3,(H2,16,17,18,19). The van der Waals surface area contributed by atoms with Gasteiger partial charge in [0.2, 0.25) is 0 Å². The highest BCUT2D eigenvalue weighted by molar-refractivity contribution is 9.10. The lowest BCUT2D eigenvalue weighted by Crippen LogP contribution is -2.14. The normalized spacial score (nSPS) is 10.5. The van der Waals surface area contributed by atoms with Gasteiger partial charge in [-0.2, -0.15) is 5.10 Å². The number of aromatic nitrogens is 2. The number of amides is 1. The summed E-state index contributed by atoms with van der Waals surface area (Å²) >= 11 is 3.14. The molecule has 0 aliphatic rings. The molecule has 0 fully saturated rings. The predicted molar refractivity (Wildman–Crippen MR) is 74.4 cm³/mol. The van der Waals surface area contributed by atoms with Crippen LogP contribution in [0.2, 0.25) is 0 Å². The molecule has 1 amide bonds. The molecule has 100 valence electrons. The van der Waals surface area contributed by atoms with Crippen molar-refractivity contribution in [3.63, 3.8) is 0 Å². The number of halogens is 2. The van der Waals surface area contributed by atoms with E-state index in [-0.39, 0.29) is 11.3 Å². The fourth-order valence-corrected chi connectivity index (χ4v) is 2.10. The van der Waals surface area contributed by atoms with Gasteiger partial charge in [0, 0.05) is 10.0 Å². The second kappa shape index (κ2) is 5.40. The maximum absolute atomic E-state index is 13.2. The van der Waals surface area contributed by atoms with Gasteiger partial charge in [0.1, 0.15) is 11.6 Å². The molecule has 1 aromatic heterocycles. The highest BCUT2D eigenvalue weighted by atomic mass is 79.9. The quantitative estimate of drug-likeness (QED) is 0.758. The van der Waals surface area contributed by atoms with Crippen molar-refractivity contribution in [2.45, 2.75) is 13.3 Å². The van der Waals surface area contributed by atoms with Crippen molar-refractivity contribution in [3.05, 3.63) is 39.7 Å². The van der Waals surface area contributed by atoms with Gasteiger partial charge in [-0.25, -0.2) is 4.39 Å². The van der Waals surface area contributed by atoms with Crippen LogP contribution in [-0.2, 0) is 6.42 Å². The number of carbonyl (C=O) groups is 1. The van der Waals surface area contributed by atoms with Gasteiger partial charge in [-0.15, -0.1) is 0 Å². The summed E-state index contributed by atoms with van der Waals surface area (Å²) in [5.41, 5.74) is 6.53. The Bertz CT molecular complexity index is 626. The Morgan fingerprint density at radius 1 is 1.58 bits per heavy atom. The lowest BCUT2D eigenvalue weighted by molar-refractivity contribution is 0.102. The minimum absolute atomic E-state index is 0.0753. The summed E-state index contributed by atoms with van der Waals surface area (Å²) in [6, 6.07) is 2.45. The molecule has 0 atom stereocenters. The molecule has 0 aliphatic carbocycles. The molecule has 0 saturated carbocycles. The minimum atomic E-state index is -0.570. The largest absolute Gasteiger partial charge is 0.396 e. The number of nitrogens with two attached hydrogens (primary N) is 1. The van der Waals surface area contributed by atoms with Crippen molar-refractivity contribution in [3.8, 4) is 0 Å². The van der Waals surface area contributed by atoms with Crippen LogP contribution in [0.3, 0.4) is 0 Å². The summed E-state index contributed by atoms with van der Waals surface area (Å²) in [6.45, 7) is 1.95. The summed E-state index contributed by atoms with van der Waals surface area (Å²) < 4.78 is 13.6. The van der Waals surface area contributed by atoms with Crippen molar-refractivity contribution in [2.24, 2.45) is 0 Å². The first kappa shape index (κ1) is 13.5. The van der Waals surface area contributed by atoms with Gasteiger partial charge in [0.05, 0.1) is 17.4 Å². The van der Waals surface area contributed by atoms with Crippen LogP contribution in [0.4, 0.5) is 15.9 Å². The van der Waals surface area contributed by atoms with Gasteiger partial charge in [0.15, 0.2) is 0 Å². The molecule has 5 nitrogen and oxygen atoms in total. The number of H-pyrrole nitrogens is 1. The number of anilines is 2. The minimum Gasteiger partial charge on any atom is -0.396 e. The number of aryl methyl sites for hydroxylation is 1. The molecule has 0 spiro atoms. The van der Waals surface area contributed by atoms with E-state index in [4.69, 9.17) is 5.73 Å². The lowest BCUT2D eigenvalue weighted by Gasteiger charge is -2.08. The molecule has 4 N–H and O–H groups in total. The molecule has 0 saturated heterocycles. The van der Waals surface area contributed by atoms with Crippen LogP contribution in [0, 0.1) is 5.82 Å². The third-order valence-corrected chi connectivity index (χ3v) is 3.32. The molecule has 2 rings (SSSR count). The van der Waals surface area contributed by atoms with Crippen LogP contribution in [0.5, 0.6) is 0 Å². The average molecular weight is 327 g/mol. The van der Waals surface area contributed by atoms with Crippen LogP contribution in [0.25, 0.3) is 0 Å². The maximum atomic E-state index is 13.2. The SMILES string of the molecule is CCc1cn[nH]c1NC(=O)c1cc(N)c(F)cc1Br. The Morgan fingerprint density at radius 3 is 3.00 bits per heavy atom. The van der Waals surface area contributed by atoms with Gasteiger partial charge in [-0.05, 0) is 34.5 Å². The van der Waals surface area contributed by atoms with Gasteiger partial charge >= 0.3 is 0 Å². The molecular formula is C12H12BrFN4O. The molecule has 1 heterocycles. The van der Waals surface area contributed by atoms with Crippen LogP contribution in [0.15, 0.2) is 22.8 Å². The Hall–Kier alpha value is -1.89. The first-order valence-corrected chi connectivity index (χ1v) is 6.40. The number of hydrogen-bond acceptors (Lipinski definition) is 3.